The minimum absolute atomic E-state index is 0.0451. The van der Waals surface area contributed by atoms with E-state index < -0.39 is 0 Å². The standard InChI is InChI=1S/C16H25N3O/c1-12-7-6-10-19(15(12)11-17)13(2)16(20)18-14-8-4-3-5-9-14/h3-5,8-9,12-13,15H,6-7,10-11,17H2,1-2H3,(H,18,20). The maximum Gasteiger partial charge on any atom is 0.241 e. The Morgan fingerprint density at radius 2 is 2.15 bits per heavy atom. The van der Waals surface area contributed by atoms with E-state index in [0.29, 0.717) is 18.5 Å². The van der Waals surface area contributed by atoms with E-state index >= 15 is 0 Å². The number of para-hydroxylation sites is 1. The molecule has 1 saturated heterocycles. The zero-order chi connectivity index (χ0) is 14.5. The van der Waals surface area contributed by atoms with Crippen LogP contribution in [0.25, 0.3) is 0 Å². The van der Waals surface area contributed by atoms with Crippen molar-refractivity contribution in [2.75, 3.05) is 18.4 Å². The third-order valence-electron chi connectivity index (χ3n) is 4.32. The minimum atomic E-state index is -0.147. The molecule has 1 aliphatic heterocycles. The fourth-order valence-electron chi connectivity index (χ4n) is 3.05. The lowest BCUT2D eigenvalue weighted by atomic mass is 9.89. The number of hydrogen-bond acceptors (Lipinski definition) is 3. The van der Waals surface area contributed by atoms with Crippen LogP contribution in [-0.2, 0) is 4.79 Å². The Balaban J connectivity index is 2.02. The molecule has 4 nitrogen and oxygen atoms in total. The fourth-order valence-corrected chi connectivity index (χ4v) is 3.05. The van der Waals surface area contributed by atoms with Crippen molar-refractivity contribution in [3.05, 3.63) is 30.3 Å². The summed E-state index contributed by atoms with van der Waals surface area (Å²) in [4.78, 5) is 14.6. The molecule has 2 rings (SSSR count). The van der Waals surface area contributed by atoms with Gasteiger partial charge in [0.2, 0.25) is 5.91 Å². The van der Waals surface area contributed by atoms with Crippen LogP contribution in [0.3, 0.4) is 0 Å². The van der Waals surface area contributed by atoms with Gasteiger partial charge in [0.25, 0.3) is 0 Å². The highest BCUT2D eigenvalue weighted by atomic mass is 16.2. The SMILES string of the molecule is CC1CCCN(C(C)C(=O)Nc2ccccc2)C1CN. The van der Waals surface area contributed by atoms with Crippen molar-refractivity contribution in [2.45, 2.75) is 38.8 Å². The highest BCUT2D eigenvalue weighted by molar-refractivity contribution is 5.94. The lowest BCUT2D eigenvalue weighted by Gasteiger charge is -2.42. The number of piperidine rings is 1. The Labute approximate surface area is 121 Å². The molecule has 4 heteroatoms. The lowest BCUT2D eigenvalue weighted by molar-refractivity contribution is -0.122. The Hall–Kier alpha value is -1.39. The highest BCUT2D eigenvalue weighted by Gasteiger charge is 2.33. The number of benzene rings is 1. The molecule has 0 spiro atoms. The van der Waals surface area contributed by atoms with Crippen molar-refractivity contribution < 1.29 is 4.79 Å². The first kappa shape index (κ1) is 15.0. The molecule has 1 aliphatic rings. The van der Waals surface area contributed by atoms with E-state index in [-0.39, 0.29) is 11.9 Å². The molecule has 1 amide bonds. The first-order valence-corrected chi connectivity index (χ1v) is 7.45. The Kier molecular flexibility index (Phi) is 5.15. The second-order valence-corrected chi connectivity index (χ2v) is 5.69. The molecule has 1 heterocycles. The monoisotopic (exact) mass is 275 g/mol. The van der Waals surface area contributed by atoms with Crippen molar-refractivity contribution in [1.29, 1.82) is 0 Å². The van der Waals surface area contributed by atoms with E-state index in [1.165, 1.54) is 6.42 Å². The van der Waals surface area contributed by atoms with Crippen LogP contribution in [0.2, 0.25) is 0 Å². The first-order valence-electron chi connectivity index (χ1n) is 7.45. The smallest absolute Gasteiger partial charge is 0.241 e. The van der Waals surface area contributed by atoms with Gasteiger partial charge in [-0.1, -0.05) is 25.1 Å². The molecule has 1 fully saturated rings. The number of anilines is 1. The van der Waals surface area contributed by atoms with Gasteiger partial charge in [-0.3, -0.25) is 9.69 Å². The second kappa shape index (κ2) is 6.86. The van der Waals surface area contributed by atoms with Gasteiger partial charge in [-0.2, -0.15) is 0 Å². The van der Waals surface area contributed by atoms with E-state index in [4.69, 9.17) is 5.73 Å². The predicted molar refractivity (Wildman–Crippen MR) is 82.5 cm³/mol. The summed E-state index contributed by atoms with van der Waals surface area (Å²) in [6, 6.07) is 9.76. The van der Waals surface area contributed by atoms with Crippen LogP contribution in [-0.4, -0.2) is 36.0 Å². The van der Waals surface area contributed by atoms with Gasteiger partial charge in [0.1, 0.15) is 0 Å². The van der Waals surface area contributed by atoms with E-state index in [0.717, 1.165) is 18.7 Å². The van der Waals surface area contributed by atoms with Crippen LogP contribution in [0.15, 0.2) is 30.3 Å². The average Bonchev–Trinajstić information content (AvgIpc) is 2.47. The number of nitrogens with zero attached hydrogens (tertiary/aromatic N) is 1. The highest BCUT2D eigenvalue weighted by Crippen LogP contribution is 2.25. The summed E-state index contributed by atoms with van der Waals surface area (Å²) >= 11 is 0. The van der Waals surface area contributed by atoms with Gasteiger partial charge in [-0.25, -0.2) is 0 Å². The van der Waals surface area contributed by atoms with Crippen LogP contribution >= 0.6 is 0 Å². The van der Waals surface area contributed by atoms with Crippen molar-refractivity contribution in [1.82, 2.24) is 4.90 Å². The topological polar surface area (TPSA) is 58.4 Å². The molecular formula is C16H25N3O. The van der Waals surface area contributed by atoms with Crippen molar-refractivity contribution in [2.24, 2.45) is 11.7 Å². The zero-order valence-corrected chi connectivity index (χ0v) is 12.4. The van der Waals surface area contributed by atoms with Gasteiger partial charge in [-0.05, 0) is 44.4 Å². The van der Waals surface area contributed by atoms with Gasteiger partial charge < -0.3 is 11.1 Å². The van der Waals surface area contributed by atoms with Gasteiger partial charge >= 0.3 is 0 Å². The van der Waals surface area contributed by atoms with E-state index in [1.54, 1.807) is 0 Å². The summed E-state index contributed by atoms with van der Waals surface area (Å²) in [6.07, 6.45) is 2.34. The number of hydrogen-bond donors (Lipinski definition) is 2. The van der Waals surface area contributed by atoms with Gasteiger partial charge in [0, 0.05) is 18.3 Å². The van der Waals surface area contributed by atoms with Crippen molar-refractivity contribution in [3.63, 3.8) is 0 Å². The number of carbonyl (C=O) groups excluding carboxylic acids is 1. The number of rotatable bonds is 4. The largest absolute Gasteiger partial charge is 0.329 e. The van der Waals surface area contributed by atoms with Crippen molar-refractivity contribution >= 4 is 11.6 Å². The van der Waals surface area contributed by atoms with E-state index in [9.17, 15) is 4.79 Å². The molecule has 3 atom stereocenters. The Morgan fingerprint density at radius 1 is 1.45 bits per heavy atom. The first-order chi connectivity index (χ1) is 9.63. The molecule has 0 saturated carbocycles. The predicted octanol–water partition coefficient (Wildman–Crippen LogP) is 2.07. The summed E-state index contributed by atoms with van der Waals surface area (Å²) in [7, 11) is 0. The molecule has 3 unspecified atom stereocenters. The molecule has 0 bridgehead atoms. The van der Waals surface area contributed by atoms with Crippen LogP contribution in [0.4, 0.5) is 5.69 Å². The third kappa shape index (κ3) is 3.38. The van der Waals surface area contributed by atoms with Crippen LogP contribution < -0.4 is 11.1 Å². The molecule has 0 radical (unpaired) electrons. The molecule has 0 aromatic heterocycles. The quantitative estimate of drug-likeness (QED) is 0.884. The third-order valence-corrected chi connectivity index (χ3v) is 4.32. The fraction of sp³-hybridized carbons (Fsp3) is 0.562. The van der Waals surface area contributed by atoms with E-state index in [1.807, 2.05) is 37.3 Å². The summed E-state index contributed by atoms with van der Waals surface area (Å²) in [5.74, 6) is 0.601. The molecule has 20 heavy (non-hydrogen) atoms. The number of nitrogens with one attached hydrogen (secondary N) is 1. The molecule has 0 aliphatic carbocycles. The minimum Gasteiger partial charge on any atom is -0.329 e. The number of amides is 1. The summed E-state index contributed by atoms with van der Waals surface area (Å²) in [6.45, 7) is 5.77. The Bertz CT molecular complexity index is 435. The van der Waals surface area contributed by atoms with E-state index in [2.05, 4.69) is 17.1 Å². The van der Waals surface area contributed by atoms with Crippen molar-refractivity contribution in [3.8, 4) is 0 Å². The lowest BCUT2D eigenvalue weighted by Crippen LogP contribution is -2.55. The molecule has 110 valence electrons. The number of nitrogens with two attached hydrogens (primary N) is 1. The molecule has 3 N–H and O–H groups in total. The molecular weight excluding hydrogens is 250 g/mol. The van der Waals surface area contributed by atoms with Gasteiger partial charge in [0.15, 0.2) is 0 Å². The maximum atomic E-state index is 12.4. The van der Waals surface area contributed by atoms with Gasteiger partial charge in [-0.15, -0.1) is 0 Å². The Morgan fingerprint density at radius 3 is 2.80 bits per heavy atom. The molecule has 1 aromatic carbocycles. The maximum absolute atomic E-state index is 12.4. The zero-order valence-electron chi connectivity index (χ0n) is 12.4. The normalized spacial score (nSPS) is 25.1. The van der Waals surface area contributed by atoms with Gasteiger partial charge in [0.05, 0.1) is 6.04 Å². The summed E-state index contributed by atoms with van der Waals surface area (Å²) in [5, 5.41) is 2.98. The average molecular weight is 275 g/mol. The summed E-state index contributed by atoms with van der Waals surface area (Å²) < 4.78 is 0. The van der Waals surface area contributed by atoms with Crippen LogP contribution in [0, 0.1) is 5.92 Å². The van der Waals surface area contributed by atoms with Crippen LogP contribution in [0.5, 0.6) is 0 Å². The molecule has 1 aromatic rings. The number of likely N-dealkylation sites (tertiary alicyclic amines) is 1. The number of carbonyl (C=O) groups is 1. The summed E-state index contributed by atoms with van der Waals surface area (Å²) in [5.41, 5.74) is 6.75. The second-order valence-electron chi connectivity index (χ2n) is 5.69. The van der Waals surface area contributed by atoms with Crippen LogP contribution in [0.1, 0.15) is 26.7 Å².